The zero-order valence-electron chi connectivity index (χ0n) is 12.3. The normalized spacial score (nSPS) is 12.4. The van der Waals surface area contributed by atoms with E-state index in [1.54, 1.807) is 17.0 Å². The molecule has 0 spiro atoms. The summed E-state index contributed by atoms with van der Waals surface area (Å²) in [6, 6.07) is 20.5. The Kier molecular flexibility index (Phi) is 3.08. The van der Waals surface area contributed by atoms with Crippen molar-refractivity contribution >= 4 is 11.6 Å². The van der Waals surface area contributed by atoms with Crippen LogP contribution in [0.2, 0.25) is 0 Å². The largest absolute Gasteiger partial charge is 0.318 e. The Labute approximate surface area is 133 Å². The van der Waals surface area contributed by atoms with Gasteiger partial charge in [0.05, 0.1) is 12.2 Å². The van der Waals surface area contributed by atoms with E-state index in [0.717, 1.165) is 22.4 Å². The number of carbonyl (C=O) groups is 1. The third-order valence-corrected chi connectivity index (χ3v) is 4.07. The summed E-state index contributed by atoms with van der Waals surface area (Å²) in [7, 11) is 0. The number of benzene rings is 2. The van der Waals surface area contributed by atoms with Gasteiger partial charge in [0.25, 0.3) is 5.91 Å². The van der Waals surface area contributed by atoms with Crippen LogP contribution >= 0.6 is 0 Å². The van der Waals surface area contributed by atoms with Gasteiger partial charge in [-0.1, -0.05) is 48.5 Å². The van der Waals surface area contributed by atoms with E-state index >= 15 is 0 Å². The van der Waals surface area contributed by atoms with Gasteiger partial charge in [0.1, 0.15) is 5.69 Å². The number of hydrogen-bond donors (Lipinski definition) is 1. The number of pyridine rings is 1. The van der Waals surface area contributed by atoms with E-state index in [0.29, 0.717) is 12.2 Å². The van der Waals surface area contributed by atoms with E-state index < -0.39 is 0 Å². The Morgan fingerprint density at radius 1 is 0.870 bits per heavy atom. The van der Waals surface area contributed by atoms with Crippen molar-refractivity contribution in [2.75, 3.05) is 4.90 Å². The summed E-state index contributed by atoms with van der Waals surface area (Å²) in [4.78, 5) is 28.7. The minimum atomic E-state index is -0.276. The van der Waals surface area contributed by atoms with Gasteiger partial charge in [0, 0.05) is 11.6 Å². The first kappa shape index (κ1) is 13.5. The molecule has 0 fully saturated rings. The second kappa shape index (κ2) is 5.25. The Morgan fingerprint density at radius 2 is 1.61 bits per heavy atom. The molecule has 3 aromatic rings. The smallest absolute Gasteiger partial charge is 0.275 e. The van der Waals surface area contributed by atoms with Gasteiger partial charge >= 0.3 is 0 Å². The van der Waals surface area contributed by atoms with E-state index in [9.17, 15) is 9.59 Å². The third-order valence-electron chi connectivity index (χ3n) is 4.07. The van der Waals surface area contributed by atoms with Crippen molar-refractivity contribution in [1.82, 2.24) is 4.98 Å². The van der Waals surface area contributed by atoms with Crippen LogP contribution in [0.5, 0.6) is 0 Å². The summed E-state index contributed by atoms with van der Waals surface area (Å²) in [5, 5.41) is 0. The molecule has 1 amide bonds. The molecule has 0 bridgehead atoms. The summed E-state index contributed by atoms with van der Waals surface area (Å²) in [6.07, 6.45) is 0. The van der Waals surface area contributed by atoms with Gasteiger partial charge in [-0.2, -0.15) is 0 Å². The molecule has 1 aliphatic rings. The molecule has 23 heavy (non-hydrogen) atoms. The van der Waals surface area contributed by atoms with E-state index in [4.69, 9.17) is 0 Å². The number of para-hydroxylation sites is 1. The van der Waals surface area contributed by atoms with E-state index in [2.05, 4.69) is 11.1 Å². The van der Waals surface area contributed by atoms with Gasteiger partial charge in [-0.15, -0.1) is 0 Å². The van der Waals surface area contributed by atoms with Crippen molar-refractivity contribution < 1.29 is 4.79 Å². The topological polar surface area (TPSA) is 53.2 Å². The summed E-state index contributed by atoms with van der Waals surface area (Å²) in [5.41, 5.74) is 4.15. The SMILES string of the molecule is O=C(c1cccc(=O)[nH]1)N1Cc2ccccc2-c2ccccc21. The first-order valence-electron chi connectivity index (χ1n) is 7.42. The van der Waals surface area contributed by atoms with Gasteiger partial charge in [-0.25, -0.2) is 0 Å². The fourth-order valence-corrected chi connectivity index (χ4v) is 3.01. The number of fused-ring (bicyclic) bond motifs is 3. The maximum Gasteiger partial charge on any atom is 0.275 e. The number of nitrogens with one attached hydrogen (secondary N) is 1. The van der Waals surface area contributed by atoms with Crippen molar-refractivity contribution in [2.24, 2.45) is 0 Å². The molecule has 2 heterocycles. The lowest BCUT2D eigenvalue weighted by atomic mass is 9.93. The second-order valence-electron chi connectivity index (χ2n) is 5.49. The molecule has 2 aromatic carbocycles. The standard InChI is InChI=1S/C19H14N2O2/c22-18-11-5-9-16(20-18)19(23)21-12-13-6-1-2-7-14(13)15-8-3-4-10-17(15)21/h1-11H,12H2,(H,20,22). The van der Waals surface area contributed by atoms with Crippen LogP contribution in [0.25, 0.3) is 11.1 Å². The number of aromatic amines is 1. The number of carbonyl (C=O) groups excluding carboxylic acids is 1. The van der Waals surface area contributed by atoms with Crippen molar-refractivity contribution in [3.8, 4) is 11.1 Å². The fraction of sp³-hybridized carbons (Fsp3) is 0.0526. The average Bonchev–Trinajstić information content (AvgIpc) is 2.60. The molecule has 0 saturated heterocycles. The number of amides is 1. The lowest BCUT2D eigenvalue weighted by Crippen LogP contribution is -2.34. The van der Waals surface area contributed by atoms with Gasteiger partial charge < -0.3 is 9.88 Å². The monoisotopic (exact) mass is 302 g/mol. The molecule has 0 aliphatic carbocycles. The maximum absolute atomic E-state index is 12.9. The predicted octanol–water partition coefficient (Wildman–Crippen LogP) is 3.20. The van der Waals surface area contributed by atoms with Gasteiger partial charge in [-0.3, -0.25) is 9.59 Å². The fourth-order valence-electron chi connectivity index (χ4n) is 3.01. The Hall–Kier alpha value is -3.14. The lowest BCUT2D eigenvalue weighted by molar-refractivity contribution is 0.0980. The zero-order chi connectivity index (χ0) is 15.8. The van der Waals surface area contributed by atoms with Crippen LogP contribution in [0.15, 0.2) is 71.5 Å². The molecule has 1 aromatic heterocycles. The molecule has 1 aliphatic heterocycles. The number of aromatic nitrogens is 1. The summed E-state index contributed by atoms with van der Waals surface area (Å²) < 4.78 is 0. The molecule has 1 N–H and O–H groups in total. The highest BCUT2D eigenvalue weighted by atomic mass is 16.2. The van der Waals surface area contributed by atoms with Gasteiger partial charge in [-0.05, 0) is 23.3 Å². The highest BCUT2D eigenvalue weighted by Gasteiger charge is 2.26. The minimum Gasteiger partial charge on any atom is -0.318 e. The minimum absolute atomic E-state index is 0.204. The molecule has 0 radical (unpaired) electrons. The van der Waals surface area contributed by atoms with Crippen molar-refractivity contribution in [2.45, 2.75) is 6.54 Å². The molecule has 112 valence electrons. The number of anilines is 1. The Bertz CT molecular complexity index is 959. The van der Waals surface area contributed by atoms with Gasteiger partial charge in [0.2, 0.25) is 5.56 Å². The molecule has 0 unspecified atom stereocenters. The van der Waals surface area contributed by atoms with Crippen LogP contribution in [-0.2, 0) is 6.54 Å². The first-order valence-corrected chi connectivity index (χ1v) is 7.42. The second-order valence-corrected chi connectivity index (χ2v) is 5.49. The molecule has 0 atom stereocenters. The zero-order valence-corrected chi connectivity index (χ0v) is 12.3. The Balaban J connectivity index is 1.85. The highest BCUT2D eigenvalue weighted by Crippen LogP contribution is 2.39. The summed E-state index contributed by atoms with van der Waals surface area (Å²) in [6.45, 7) is 0.489. The van der Waals surface area contributed by atoms with Crippen molar-refractivity contribution in [1.29, 1.82) is 0 Å². The number of nitrogens with zero attached hydrogens (tertiary/aromatic N) is 1. The van der Waals surface area contributed by atoms with Crippen LogP contribution in [0.4, 0.5) is 5.69 Å². The summed E-state index contributed by atoms with van der Waals surface area (Å²) in [5.74, 6) is -0.204. The predicted molar refractivity (Wildman–Crippen MR) is 89.5 cm³/mol. The van der Waals surface area contributed by atoms with E-state index in [-0.39, 0.29) is 11.5 Å². The molecule has 0 saturated carbocycles. The molecule has 4 heteroatoms. The number of hydrogen-bond acceptors (Lipinski definition) is 2. The summed E-state index contributed by atoms with van der Waals surface area (Å²) >= 11 is 0. The third kappa shape index (κ3) is 2.25. The van der Waals surface area contributed by atoms with Crippen LogP contribution in [0, 0.1) is 0 Å². The van der Waals surface area contributed by atoms with Crippen LogP contribution in [-0.4, -0.2) is 10.9 Å². The average molecular weight is 302 g/mol. The lowest BCUT2D eigenvalue weighted by Gasteiger charge is -2.31. The van der Waals surface area contributed by atoms with Gasteiger partial charge in [0.15, 0.2) is 0 Å². The van der Waals surface area contributed by atoms with Crippen LogP contribution < -0.4 is 10.5 Å². The molecule has 4 nitrogen and oxygen atoms in total. The van der Waals surface area contributed by atoms with Crippen LogP contribution in [0.3, 0.4) is 0 Å². The van der Waals surface area contributed by atoms with E-state index in [1.807, 2.05) is 42.5 Å². The Morgan fingerprint density at radius 3 is 2.43 bits per heavy atom. The van der Waals surface area contributed by atoms with Crippen molar-refractivity contribution in [3.63, 3.8) is 0 Å². The molecular weight excluding hydrogens is 288 g/mol. The van der Waals surface area contributed by atoms with E-state index in [1.165, 1.54) is 6.07 Å². The first-order chi connectivity index (χ1) is 11.2. The number of H-pyrrole nitrogens is 1. The quantitative estimate of drug-likeness (QED) is 0.750. The number of rotatable bonds is 1. The molecule has 4 rings (SSSR count). The van der Waals surface area contributed by atoms with Crippen LogP contribution in [0.1, 0.15) is 16.1 Å². The molecular formula is C19H14N2O2. The van der Waals surface area contributed by atoms with Crippen molar-refractivity contribution in [3.05, 3.63) is 88.3 Å². The maximum atomic E-state index is 12.9. The highest BCUT2D eigenvalue weighted by molar-refractivity contribution is 6.08.